The van der Waals surface area contributed by atoms with Gasteiger partial charge in [0, 0.05) is 41.7 Å². The first-order valence-corrected chi connectivity index (χ1v) is 10.4. The van der Waals surface area contributed by atoms with Crippen LogP contribution in [0.25, 0.3) is 11.1 Å². The molecule has 1 aliphatic carbocycles. The Morgan fingerprint density at radius 3 is 2.66 bits per heavy atom. The zero-order valence-electron chi connectivity index (χ0n) is 15.7. The predicted molar refractivity (Wildman–Crippen MR) is 111 cm³/mol. The van der Waals surface area contributed by atoms with Gasteiger partial charge in [-0.05, 0) is 23.3 Å². The van der Waals surface area contributed by atoms with E-state index in [1.54, 1.807) is 12.1 Å². The number of amides is 1. The number of rotatable bonds is 4. The summed E-state index contributed by atoms with van der Waals surface area (Å²) in [4.78, 5) is 32.2. The minimum Gasteiger partial charge on any atom is -0.379 e. The molecule has 1 aromatic heterocycles. The highest BCUT2D eigenvalue weighted by atomic mass is 32.1. The molecule has 1 N–H and O–H groups in total. The van der Waals surface area contributed by atoms with Crippen LogP contribution in [-0.2, 0) is 11.3 Å². The summed E-state index contributed by atoms with van der Waals surface area (Å²) in [6, 6.07) is 12.8. The van der Waals surface area contributed by atoms with E-state index < -0.39 is 0 Å². The second kappa shape index (κ2) is 7.51. The summed E-state index contributed by atoms with van der Waals surface area (Å²) in [6.07, 6.45) is 0. The van der Waals surface area contributed by atoms with Gasteiger partial charge in [0.25, 0.3) is 5.91 Å². The van der Waals surface area contributed by atoms with Gasteiger partial charge in [0.05, 0.1) is 18.9 Å². The van der Waals surface area contributed by atoms with Crippen LogP contribution in [0.4, 0.5) is 5.13 Å². The van der Waals surface area contributed by atoms with Gasteiger partial charge in [-0.2, -0.15) is 0 Å². The second-order valence-electron chi connectivity index (χ2n) is 7.12. The molecule has 0 atom stereocenters. The fraction of sp³-hybridized carbons (Fsp3) is 0.227. The molecule has 1 aliphatic heterocycles. The summed E-state index contributed by atoms with van der Waals surface area (Å²) >= 11 is 1.41. The average molecular weight is 405 g/mol. The van der Waals surface area contributed by atoms with Crippen LogP contribution in [0.1, 0.15) is 32.0 Å². The van der Waals surface area contributed by atoms with Crippen molar-refractivity contribution in [3.63, 3.8) is 0 Å². The maximum absolute atomic E-state index is 12.7. The summed E-state index contributed by atoms with van der Waals surface area (Å²) in [6.45, 7) is 4.03. The molecule has 0 saturated carbocycles. The lowest BCUT2D eigenvalue weighted by Gasteiger charge is -2.25. The predicted octanol–water partition coefficient (Wildman–Crippen LogP) is 3.44. The van der Waals surface area contributed by atoms with Crippen LogP contribution in [0.5, 0.6) is 0 Å². The molecule has 2 heterocycles. The average Bonchev–Trinajstić information content (AvgIpc) is 3.31. The summed E-state index contributed by atoms with van der Waals surface area (Å²) in [5.41, 5.74) is 4.46. The zero-order valence-corrected chi connectivity index (χ0v) is 16.5. The fourth-order valence-electron chi connectivity index (χ4n) is 3.76. The molecule has 146 valence electrons. The highest BCUT2D eigenvalue weighted by Gasteiger charge is 2.27. The van der Waals surface area contributed by atoms with Crippen molar-refractivity contribution < 1.29 is 14.3 Å². The number of carbonyl (C=O) groups excluding carboxylic acids is 2. The molecular weight excluding hydrogens is 386 g/mol. The Bertz CT molecular complexity index is 1100. The number of morpholine rings is 1. The quantitative estimate of drug-likeness (QED) is 0.563. The largest absolute Gasteiger partial charge is 0.379 e. The van der Waals surface area contributed by atoms with Crippen molar-refractivity contribution in [1.29, 1.82) is 0 Å². The van der Waals surface area contributed by atoms with Gasteiger partial charge in [0.2, 0.25) is 0 Å². The lowest BCUT2D eigenvalue weighted by Crippen LogP contribution is -2.35. The Balaban J connectivity index is 1.30. The number of carbonyl (C=O) groups is 2. The Morgan fingerprint density at radius 2 is 1.83 bits per heavy atom. The number of nitrogens with zero attached hydrogens (tertiary/aromatic N) is 2. The maximum atomic E-state index is 12.7. The molecule has 1 amide bonds. The summed E-state index contributed by atoms with van der Waals surface area (Å²) in [7, 11) is 0. The van der Waals surface area contributed by atoms with Crippen molar-refractivity contribution in [1.82, 2.24) is 9.88 Å². The van der Waals surface area contributed by atoms with Crippen molar-refractivity contribution in [2.75, 3.05) is 31.6 Å². The van der Waals surface area contributed by atoms with E-state index in [1.807, 2.05) is 35.7 Å². The first kappa shape index (κ1) is 18.2. The molecule has 1 saturated heterocycles. The summed E-state index contributed by atoms with van der Waals surface area (Å²) < 4.78 is 5.36. The lowest BCUT2D eigenvalue weighted by molar-refractivity contribution is 0.0337. The number of thiazole rings is 1. The number of benzene rings is 2. The standard InChI is InChI=1S/C22H19N3O3S/c26-20-18-4-2-1-3-16(18)17-6-5-14(11-19(17)20)21(27)24-22-23-15(13-29-22)12-25-7-9-28-10-8-25/h1-6,11,13H,7-10,12H2,(H,23,24,27). The fourth-order valence-corrected chi connectivity index (χ4v) is 4.46. The van der Waals surface area contributed by atoms with E-state index in [4.69, 9.17) is 4.74 Å². The molecule has 7 heteroatoms. The van der Waals surface area contributed by atoms with Crippen molar-refractivity contribution >= 4 is 28.2 Å². The van der Waals surface area contributed by atoms with Gasteiger partial charge in [0.15, 0.2) is 10.9 Å². The highest BCUT2D eigenvalue weighted by molar-refractivity contribution is 7.14. The molecule has 0 radical (unpaired) electrons. The monoisotopic (exact) mass is 405 g/mol. The maximum Gasteiger partial charge on any atom is 0.257 e. The third-order valence-corrected chi connectivity index (χ3v) is 6.06. The Hall–Kier alpha value is -2.87. The Labute approximate surface area is 172 Å². The molecule has 3 aromatic rings. The van der Waals surface area contributed by atoms with E-state index in [0.717, 1.165) is 49.7 Å². The number of hydrogen-bond donors (Lipinski definition) is 1. The molecule has 1 fully saturated rings. The van der Waals surface area contributed by atoms with Gasteiger partial charge >= 0.3 is 0 Å². The highest BCUT2D eigenvalue weighted by Crippen LogP contribution is 2.36. The number of anilines is 1. The van der Waals surface area contributed by atoms with Crippen LogP contribution >= 0.6 is 11.3 Å². The molecule has 29 heavy (non-hydrogen) atoms. The van der Waals surface area contributed by atoms with Gasteiger partial charge in [-0.3, -0.25) is 19.8 Å². The van der Waals surface area contributed by atoms with Crippen LogP contribution in [0.2, 0.25) is 0 Å². The first-order valence-electron chi connectivity index (χ1n) is 9.53. The van der Waals surface area contributed by atoms with Crippen molar-refractivity contribution in [3.8, 4) is 11.1 Å². The van der Waals surface area contributed by atoms with Crippen LogP contribution < -0.4 is 5.32 Å². The van der Waals surface area contributed by atoms with E-state index in [1.165, 1.54) is 11.3 Å². The van der Waals surface area contributed by atoms with E-state index >= 15 is 0 Å². The van der Waals surface area contributed by atoms with Crippen LogP contribution in [0.3, 0.4) is 0 Å². The summed E-state index contributed by atoms with van der Waals surface area (Å²) in [5, 5.41) is 5.39. The van der Waals surface area contributed by atoms with Crippen molar-refractivity contribution in [2.45, 2.75) is 6.54 Å². The van der Waals surface area contributed by atoms with Gasteiger partial charge in [-0.25, -0.2) is 4.98 Å². The van der Waals surface area contributed by atoms with E-state index in [-0.39, 0.29) is 11.7 Å². The molecule has 2 aliphatic rings. The van der Waals surface area contributed by atoms with Crippen molar-refractivity contribution in [3.05, 3.63) is 70.2 Å². The zero-order chi connectivity index (χ0) is 19.8. The molecule has 0 unspecified atom stereocenters. The molecule has 0 spiro atoms. The van der Waals surface area contributed by atoms with E-state index in [2.05, 4.69) is 15.2 Å². The van der Waals surface area contributed by atoms with Crippen LogP contribution in [-0.4, -0.2) is 47.9 Å². The van der Waals surface area contributed by atoms with Gasteiger partial charge in [-0.15, -0.1) is 11.3 Å². The second-order valence-corrected chi connectivity index (χ2v) is 7.98. The molecule has 0 bridgehead atoms. The smallest absolute Gasteiger partial charge is 0.257 e. The molecule has 2 aromatic carbocycles. The third-order valence-electron chi connectivity index (χ3n) is 5.25. The van der Waals surface area contributed by atoms with Gasteiger partial charge in [-0.1, -0.05) is 30.3 Å². The number of ether oxygens (including phenoxy) is 1. The number of hydrogen-bond acceptors (Lipinski definition) is 6. The Kier molecular flexibility index (Phi) is 4.71. The minimum atomic E-state index is -0.260. The lowest BCUT2D eigenvalue weighted by atomic mass is 10.0. The minimum absolute atomic E-state index is 0.0349. The van der Waals surface area contributed by atoms with E-state index in [0.29, 0.717) is 21.8 Å². The summed E-state index contributed by atoms with van der Waals surface area (Å²) in [5.74, 6) is -0.295. The number of nitrogens with one attached hydrogen (secondary N) is 1. The number of ketones is 1. The number of fused-ring (bicyclic) bond motifs is 3. The Morgan fingerprint density at radius 1 is 1.07 bits per heavy atom. The van der Waals surface area contributed by atoms with Gasteiger partial charge in [0.1, 0.15) is 0 Å². The topological polar surface area (TPSA) is 71.5 Å². The first-order chi connectivity index (χ1) is 14.2. The van der Waals surface area contributed by atoms with E-state index in [9.17, 15) is 9.59 Å². The third kappa shape index (κ3) is 3.48. The molecular formula is C22H19N3O3S. The van der Waals surface area contributed by atoms with Crippen molar-refractivity contribution in [2.24, 2.45) is 0 Å². The SMILES string of the molecule is O=C(Nc1nc(CN2CCOCC2)cs1)c1ccc2c(c1)C(=O)c1ccccc1-2. The molecule has 6 nitrogen and oxygen atoms in total. The number of aromatic nitrogens is 1. The van der Waals surface area contributed by atoms with Gasteiger partial charge < -0.3 is 4.74 Å². The van der Waals surface area contributed by atoms with Crippen LogP contribution in [0.15, 0.2) is 47.8 Å². The van der Waals surface area contributed by atoms with Crippen LogP contribution in [0, 0.1) is 0 Å². The normalized spacial score (nSPS) is 15.8. The molecule has 5 rings (SSSR count).